The number of halogens is 1. The number of carbonyl (C=O) groups excluding carboxylic acids is 4. The van der Waals surface area contributed by atoms with E-state index < -0.39 is 35.6 Å². The Labute approximate surface area is 196 Å². The minimum atomic E-state index is -1.20. The van der Waals surface area contributed by atoms with Gasteiger partial charge in [0.1, 0.15) is 5.54 Å². The van der Waals surface area contributed by atoms with Gasteiger partial charge in [-0.15, -0.1) is 0 Å². The van der Waals surface area contributed by atoms with E-state index in [1.807, 2.05) is 0 Å². The van der Waals surface area contributed by atoms with Crippen LogP contribution in [0.2, 0.25) is 5.02 Å². The predicted octanol–water partition coefficient (Wildman–Crippen LogP) is 3.14. The van der Waals surface area contributed by atoms with Crippen molar-refractivity contribution in [2.75, 3.05) is 10.2 Å². The van der Waals surface area contributed by atoms with Gasteiger partial charge in [-0.05, 0) is 50.6 Å². The van der Waals surface area contributed by atoms with Crippen molar-refractivity contribution in [3.63, 3.8) is 0 Å². The van der Waals surface area contributed by atoms with Gasteiger partial charge in [0, 0.05) is 5.02 Å². The molecule has 3 rings (SSSR count). The van der Waals surface area contributed by atoms with Crippen LogP contribution in [0.25, 0.3) is 0 Å². The Morgan fingerprint density at radius 3 is 2.42 bits per heavy atom. The molecule has 0 aromatic heterocycles. The summed E-state index contributed by atoms with van der Waals surface area (Å²) < 4.78 is 5.39. The van der Waals surface area contributed by atoms with E-state index in [2.05, 4.69) is 10.6 Å². The van der Waals surface area contributed by atoms with Crippen molar-refractivity contribution in [1.82, 2.24) is 5.32 Å². The largest absolute Gasteiger partial charge is 0.452 e. The molecule has 0 aliphatic carbocycles. The van der Waals surface area contributed by atoms with Gasteiger partial charge in [-0.2, -0.15) is 0 Å². The minimum Gasteiger partial charge on any atom is -0.452 e. The van der Waals surface area contributed by atoms with Crippen LogP contribution in [0.15, 0.2) is 48.5 Å². The molecule has 9 nitrogen and oxygen atoms in total. The molecule has 10 heteroatoms. The third kappa shape index (κ3) is 5.25. The number of nitrogens with one attached hydrogen (secondary N) is 2. The summed E-state index contributed by atoms with van der Waals surface area (Å²) in [6.07, 6.45) is -1.45. The molecule has 0 spiro atoms. The van der Waals surface area contributed by atoms with Crippen molar-refractivity contribution in [2.24, 2.45) is 5.73 Å². The Balaban J connectivity index is 1.77. The number of ether oxygens (including phenoxy) is 1. The van der Waals surface area contributed by atoms with Gasteiger partial charge < -0.3 is 21.1 Å². The maximum Gasteiger partial charge on any atom is 0.312 e. The molecule has 4 N–H and O–H groups in total. The van der Waals surface area contributed by atoms with Gasteiger partial charge in [-0.1, -0.05) is 35.9 Å². The molecule has 0 bridgehead atoms. The summed E-state index contributed by atoms with van der Waals surface area (Å²) in [5.41, 5.74) is 5.63. The number of esters is 1. The van der Waals surface area contributed by atoms with Crippen LogP contribution in [0.1, 0.15) is 38.8 Å². The smallest absolute Gasteiger partial charge is 0.312 e. The van der Waals surface area contributed by atoms with Gasteiger partial charge in [0.15, 0.2) is 6.10 Å². The van der Waals surface area contributed by atoms with E-state index in [1.54, 1.807) is 62.4 Å². The number of anilines is 2. The molecule has 1 heterocycles. The Kier molecular flexibility index (Phi) is 6.92. The van der Waals surface area contributed by atoms with Crippen LogP contribution in [-0.4, -0.2) is 35.5 Å². The van der Waals surface area contributed by atoms with E-state index in [4.69, 9.17) is 22.1 Å². The van der Waals surface area contributed by atoms with Gasteiger partial charge in [-0.3, -0.25) is 19.3 Å². The number of para-hydroxylation sites is 2. The lowest BCUT2D eigenvalue weighted by molar-refractivity contribution is -0.154. The van der Waals surface area contributed by atoms with E-state index >= 15 is 0 Å². The molecule has 1 aliphatic rings. The van der Waals surface area contributed by atoms with Crippen LogP contribution < -0.4 is 21.3 Å². The van der Waals surface area contributed by atoms with Crippen LogP contribution in [0, 0.1) is 0 Å². The SMILES string of the molecule is CC(OC(=O)CC(NC(N)=O)c1ccc(Cl)cc1)C(=O)N1c2ccccc2NC(=O)C1(C)C. The zero-order chi connectivity index (χ0) is 24.3. The number of carbonyl (C=O) groups is 4. The zero-order valence-corrected chi connectivity index (χ0v) is 19.2. The van der Waals surface area contributed by atoms with Crippen molar-refractivity contribution < 1.29 is 23.9 Å². The molecule has 4 amide bonds. The molecule has 0 saturated carbocycles. The first-order chi connectivity index (χ1) is 15.5. The number of nitrogens with two attached hydrogens (primary N) is 1. The number of nitrogens with zero attached hydrogens (tertiary/aromatic N) is 1. The maximum atomic E-state index is 13.3. The summed E-state index contributed by atoms with van der Waals surface area (Å²) in [4.78, 5) is 51.3. The molecular formula is C23H25ClN4O5. The summed E-state index contributed by atoms with van der Waals surface area (Å²) >= 11 is 5.90. The Morgan fingerprint density at radius 2 is 1.79 bits per heavy atom. The number of fused-ring (bicyclic) bond motifs is 1. The first-order valence-corrected chi connectivity index (χ1v) is 10.6. The molecule has 2 atom stereocenters. The van der Waals surface area contributed by atoms with E-state index in [1.165, 1.54) is 11.8 Å². The van der Waals surface area contributed by atoms with Gasteiger partial charge in [-0.25, -0.2) is 4.79 Å². The molecule has 0 radical (unpaired) electrons. The summed E-state index contributed by atoms with van der Waals surface area (Å²) in [5, 5.41) is 5.76. The molecule has 2 unspecified atom stereocenters. The Morgan fingerprint density at radius 1 is 1.15 bits per heavy atom. The second-order valence-corrected chi connectivity index (χ2v) is 8.59. The molecule has 0 fully saturated rings. The van der Waals surface area contributed by atoms with E-state index in [0.29, 0.717) is 22.0 Å². The normalized spacial score (nSPS) is 16.1. The van der Waals surface area contributed by atoms with Gasteiger partial charge in [0.2, 0.25) is 5.91 Å². The third-order valence-electron chi connectivity index (χ3n) is 5.34. The monoisotopic (exact) mass is 472 g/mol. The molecule has 0 saturated heterocycles. The van der Waals surface area contributed by atoms with Crippen LogP contribution in [-0.2, 0) is 19.1 Å². The summed E-state index contributed by atoms with van der Waals surface area (Å²) in [6.45, 7) is 4.65. The minimum absolute atomic E-state index is 0.261. The number of benzene rings is 2. The van der Waals surface area contributed by atoms with Crippen molar-refractivity contribution in [3.8, 4) is 0 Å². The van der Waals surface area contributed by atoms with Gasteiger partial charge in [0.05, 0.1) is 23.8 Å². The zero-order valence-electron chi connectivity index (χ0n) is 18.4. The van der Waals surface area contributed by atoms with E-state index in [9.17, 15) is 19.2 Å². The predicted molar refractivity (Wildman–Crippen MR) is 124 cm³/mol. The number of primary amides is 1. The molecular weight excluding hydrogens is 448 g/mol. The van der Waals surface area contributed by atoms with Gasteiger partial charge >= 0.3 is 12.0 Å². The third-order valence-corrected chi connectivity index (χ3v) is 5.60. The fourth-order valence-corrected chi connectivity index (χ4v) is 3.74. The van der Waals surface area contributed by atoms with Crippen LogP contribution in [0.5, 0.6) is 0 Å². The molecule has 174 valence electrons. The number of amides is 4. The standard InChI is InChI=1S/C23H25ClN4O5/c1-13(20(30)28-18-7-5-4-6-16(18)26-21(31)23(28,2)3)33-19(29)12-17(27-22(25)32)14-8-10-15(24)11-9-14/h4-11,13,17H,12H2,1-3H3,(H,26,31)(H3,25,27,32). The Bertz CT molecular complexity index is 1090. The highest BCUT2D eigenvalue weighted by atomic mass is 35.5. The Hall–Kier alpha value is -3.59. The molecule has 2 aromatic rings. The number of rotatable bonds is 6. The van der Waals surface area contributed by atoms with E-state index in [0.717, 1.165) is 0 Å². The molecule has 1 aliphatic heterocycles. The topological polar surface area (TPSA) is 131 Å². The quantitative estimate of drug-likeness (QED) is 0.556. The second-order valence-electron chi connectivity index (χ2n) is 8.15. The lowest BCUT2D eigenvalue weighted by Gasteiger charge is -2.42. The second kappa shape index (κ2) is 9.50. The highest BCUT2D eigenvalue weighted by molar-refractivity contribution is 6.30. The fourth-order valence-electron chi connectivity index (χ4n) is 3.61. The van der Waals surface area contributed by atoms with Crippen molar-refractivity contribution in [2.45, 2.75) is 44.9 Å². The molecule has 33 heavy (non-hydrogen) atoms. The van der Waals surface area contributed by atoms with E-state index in [-0.39, 0.29) is 12.3 Å². The lowest BCUT2D eigenvalue weighted by atomic mass is 9.95. The number of urea groups is 1. The van der Waals surface area contributed by atoms with Crippen molar-refractivity contribution >= 4 is 46.8 Å². The van der Waals surface area contributed by atoms with Crippen molar-refractivity contribution in [3.05, 3.63) is 59.1 Å². The van der Waals surface area contributed by atoms with Crippen molar-refractivity contribution in [1.29, 1.82) is 0 Å². The van der Waals surface area contributed by atoms with Crippen LogP contribution >= 0.6 is 11.6 Å². The summed E-state index contributed by atoms with van der Waals surface area (Å²) in [7, 11) is 0. The first kappa shape index (κ1) is 24.1. The average molecular weight is 473 g/mol. The average Bonchev–Trinajstić information content (AvgIpc) is 2.73. The lowest BCUT2D eigenvalue weighted by Crippen LogP contribution is -2.60. The first-order valence-electron chi connectivity index (χ1n) is 10.3. The highest BCUT2D eigenvalue weighted by Gasteiger charge is 2.45. The summed E-state index contributed by atoms with van der Waals surface area (Å²) in [5.74, 6) is -1.64. The highest BCUT2D eigenvalue weighted by Crippen LogP contribution is 2.37. The molecule has 2 aromatic carbocycles. The fraction of sp³-hybridized carbons (Fsp3) is 0.304. The van der Waals surface area contributed by atoms with Crippen LogP contribution in [0.3, 0.4) is 0 Å². The maximum absolute atomic E-state index is 13.3. The van der Waals surface area contributed by atoms with Crippen LogP contribution in [0.4, 0.5) is 16.2 Å². The number of hydrogen-bond acceptors (Lipinski definition) is 5. The summed E-state index contributed by atoms with van der Waals surface area (Å²) in [6, 6.07) is 11.8. The van der Waals surface area contributed by atoms with Gasteiger partial charge in [0.25, 0.3) is 5.91 Å². The number of hydrogen-bond donors (Lipinski definition) is 3.